The van der Waals surface area contributed by atoms with Gasteiger partial charge in [-0.1, -0.05) is 51.1 Å². The summed E-state index contributed by atoms with van der Waals surface area (Å²) in [6, 6.07) is 11.0. The zero-order valence-corrected chi connectivity index (χ0v) is 12.9. The molecule has 1 aromatic carbocycles. The summed E-state index contributed by atoms with van der Waals surface area (Å²) in [7, 11) is 0. The van der Waals surface area contributed by atoms with Crippen LogP contribution in [0.3, 0.4) is 0 Å². The highest BCUT2D eigenvalue weighted by Gasteiger charge is 2.23. The number of nitrogens with one attached hydrogen (secondary N) is 1. The maximum atomic E-state index is 12.0. The molecule has 0 aliphatic carbocycles. The first kappa shape index (κ1) is 15.3. The van der Waals surface area contributed by atoms with E-state index in [-0.39, 0.29) is 11.5 Å². The van der Waals surface area contributed by atoms with Crippen LogP contribution in [-0.2, 0) is 4.79 Å². The summed E-state index contributed by atoms with van der Waals surface area (Å²) in [5.74, 6) is -1.52. The number of anilines is 1. The lowest BCUT2D eigenvalue weighted by atomic mass is 9.96. The van der Waals surface area contributed by atoms with Crippen molar-refractivity contribution in [2.45, 2.75) is 20.8 Å². The standard InChI is InChI=1S/C16H17NO3S/c1-16(2,3)15(20)17-13-11(14(18)19)9-12(21-13)10-7-5-4-6-8-10/h4-9H,1-3H3,(H,17,20)(H,18,19)/p-1. The Bertz CT molecular complexity index is 669. The summed E-state index contributed by atoms with van der Waals surface area (Å²) in [5.41, 5.74) is 0.317. The lowest BCUT2D eigenvalue weighted by molar-refractivity contribution is -0.254. The van der Waals surface area contributed by atoms with E-state index >= 15 is 0 Å². The molecule has 0 radical (unpaired) electrons. The molecule has 0 saturated carbocycles. The molecule has 1 heterocycles. The van der Waals surface area contributed by atoms with Gasteiger partial charge < -0.3 is 15.2 Å². The minimum Gasteiger partial charge on any atom is -0.545 e. The molecule has 0 saturated heterocycles. The van der Waals surface area contributed by atoms with E-state index in [0.29, 0.717) is 5.00 Å². The van der Waals surface area contributed by atoms with Gasteiger partial charge in [0, 0.05) is 15.9 Å². The van der Waals surface area contributed by atoms with Crippen molar-refractivity contribution >= 4 is 28.2 Å². The molecule has 110 valence electrons. The van der Waals surface area contributed by atoms with E-state index in [4.69, 9.17) is 0 Å². The summed E-state index contributed by atoms with van der Waals surface area (Å²) in [6.07, 6.45) is 0. The number of amides is 1. The van der Waals surface area contributed by atoms with Crippen LogP contribution in [0, 0.1) is 5.41 Å². The van der Waals surface area contributed by atoms with Gasteiger partial charge >= 0.3 is 0 Å². The van der Waals surface area contributed by atoms with Crippen molar-refractivity contribution in [2.75, 3.05) is 5.32 Å². The summed E-state index contributed by atoms with van der Waals surface area (Å²) < 4.78 is 0. The number of carbonyl (C=O) groups is 2. The Balaban J connectivity index is 2.39. The van der Waals surface area contributed by atoms with Crippen LogP contribution in [0.5, 0.6) is 0 Å². The number of rotatable bonds is 3. The highest BCUT2D eigenvalue weighted by Crippen LogP contribution is 2.35. The van der Waals surface area contributed by atoms with Gasteiger partial charge in [-0.05, 0) is 11.6 Å². The van der Waals surface area contributed by atoms with E-state index in [1.807, 2.05) is 30.3 Å². The van der Waals surface area contributed by atoms with Crippen molar-refractivity contribution < 1.29 is 14.7 Å². The number of thiophene rings is 1. The lowest BCUT2D eigenvalue weighted by Gasteiger charge is -2.17. The third-order valence-corrected chi connectivity index (χ3v) is 4.02. The van der Waals surface area contributed by atoms with Gasteiger partial charge in [0.1, 0.15) is 5.00 Å². The third-order valence-electron chi connectivity index (χ3n) is 2.92. The van der Waals surface area contributed by atoms with Crippen LogP contribution in [-0.4, -0.2) is 11.9 Å². The molecule has 1 N–H and O–H groups in total. The molecule has 21 heavy (non-hydrogen) atoms. The van der Waals surface area contributed by atoms with E-state index in [1.54, 1.807) is 20.8 Å². The smallest absolute Gasteiger partial charge is 0.230 e. The van der Waals surface area contributed by atoms with Crippen molar-refractivity contribution in [3.8, 4) is 10.4 Å². The Morgan fingerprint density at radius 3 is 2.29 bits per heavy atom. The Kier molecular flexibility index (Phi) is 4.14. The Hall–Kier alpha value is -2.14. The SMILES string of the molecule is CC(C)(C)C(=O)Nc1sc(-c2ccccc2)cc1C(=O)[O-]. The predicted molar refractivity (Wildman–Crippen MR) is 82.2 cm³/mol. The van der Waals surface area contributed by atoms with Crippen LogP contribution < -0.4 is 10.4 Å². The summed E-state index contributed by atoms with van der Waals surface area (Å²) >= 11 is 1.23. The molecule has 0 bridgehead atoms. The fourth-order valence-electron chi connectivity index (χ4n) is 1.67. The van der Waals surface area contributed by atoms with Gasteiger partial charge in [0.15, 0.2) is 0 Å². The number of hydrogen-bond acceptors (Lipinski definition) is 4. The summed E-state index contributed by atoms with van der Waals surface area (Å²) in [5, 5.41) is 14.2. The quantitative estimate of drug-likeness (QED) is 0.947. The number of aromatic carboxylic acids is 1. The highest BCUT2D eigenvalue weighted by atomic mass is 32.1. The lowest BCUT2D eigenvalue weighted by Crippen LogP contribution is -2.29. The molecule has 4 nitrogen and oxygen atoms in total. The van der Waals surface area contributed by atoms with Gasteiger partial charge in [0.2, 0.25) is 5.91 Å². The molecule has 0 aliphatic heterocycles. The average Bonchev–Trinajstić information content (AvgIpc) is 2.83. The third kappa shape index (κ3) is 3.49. The van der Waals surface area contributed by atoms with Crippen LogP contribution in [0.15, 0.2) is 36.4 Å². The van der Waals surface area contributed by atoms with Crippen LogP contribution in [0.25, 0.3) is 10.4 Å². The molecule has 1 amide bonds. The number of carboxylic acids is 1. The zero-order chi connectivity index (χ0) is 15.6. The second-order valence-electron chi connectivity index (χ2n) is 5.71. The van der Waals surface area contributed by atoms with Crippen molar-refractivity contribution in [1.82, 2.24) is 0 Å². The normalized spacial score (nSPS) is 11.2. The first-order valence-electron chi connectivity index (χ1n) is 6.51. The second kappa shape index (κ2) is 5.69. The Morgan fingerprint density at radius 1 is 1.14 bits per heavy atom. The summed E-state index contributed by atoms with van der Waals surface area (Å²) in [4.78, 5) is 24.1. The molecule has 0 spiro atoms. The topological polar surface area (TPSA) is 69.2 Å². The molecule has 2 rings (SSSR count). The minimum absolute atomic E-state index is 0.0106. The number of hydrogen-bond donors (Lipinski definition) is 1. The molecular formula is C16H16NO3S-. The molecule has 0 aliphatic rings. The molecule has 5 heteroatoms. The zero-order valence-electron chi connectivity index (χ0n) is 12.1. The van der Waals surface area contributed by atoms with Gasteiger partial charge in [0.25, 0.3) is 0 Å². The van der Waals surface area contributed by atoms with E-state index in [1.165, 1.54) is 17.4 Å². The predicted octanol–water partition coefficient (Wildman–Crippen LogP) is 2.76. The molecule has 0 atom stereocenters. The monoisotopic (exact) mass is 302 g/mol. The van der Waals surface area contributed by atoms with E-state index in [2.05, 4.69) is 5.32 Å². The fraction of sp³-hybridized carbons (Fsp3) is 0.250. The first-order valence-corrected chi connectivity index (χ1v) is 7.33. The largest absolute Gasteiger partial charge is 0.545 e. The van der Waals surface area contributed by atoms with Crippen molar-refractivity contribution in [2.24, 2.45) is 5.41 Å². The van der Waals surface area contributed by atoms with Crippen LogP contribution in [0.1, 0.15) is 31.1 Å². The van der Waals surface area contributed by atoms with Crippen molar-refractivity contribution in [1.29, 1.82) is 0 Å². The fourth-order valence-corrected chi connectivity index (χ4v) is 2.72. The number of carbonyl (C=O) groups excluding carboxylic acids is 2. The second-order valence-corrected chi connectivity index (χ2v) is 6.76. The van der Waals surface area contributed by atoms with Crippen LogP contribution in [0.4, 0.5) is 5.00 Å². The average molecular weight is 302 g/mol. The molecule has 1 aromatic heterocycles. The van der Waals surface area contributed by atoms with Gasteiger partial charge in [-0.3, -0.25) is 4.79 Å². The van der Waals surface area contributed by atoms with Gasteiger partial charge in [-0.15, -0.1) is 11.3 Å². The van der Waals surface area contributed by atoms with Crippen molar-refractivity contribution in [3.63, 3.8) is 0 Å². The maximum Gasteiger partial charge on any atom is 0.230 e. The van der Waals surface area contributed by atoms with Gasteiger partial charge in [-0.25, -0.2) is 0 Å². The van der Waals surface area contributed by atoms with Crippen LogP contribution >= 0.6 is 11.3 Å². The highest BCUT2D eigenvalue weighted by molar-refractivity contribution is 7.20. The minimum atomic E-state index is -1.29. The Morgan fingerprint density at radius 2 is 1.76 bits per heavy atom. The van der Waals surface area contributed by atoms with E-state index in [9.17, 15) is 14.7 Å². The molecule has 2 aromatic rings. The Labute approximate surface area is 127 Å². The van der Waals surface area contributed by atoms with Gasteiger partial charge in [-0.2, -0.15) is 0 Å². The first-order chi connectivity index (χ1) is 9.79. The molecular weight excluding hydrogens is 286 g/mol. The van der Waals surface area contributed by atoms with E-state index < -0.39 is 11.4 Å². The maximum absolute atomic E-state index is 12.0. The number of benzene rings is 1. The summed E-state index contributed by atoms with van der Waals surface area (Å²) in [6.45, 7) is 5.31. The molecule has 0 fully saturated rings. The van der Waals surface area contributed by atoms with E-state index in [0.717, 1.165) is 10.4 Å². The number of carboxylic acid groups (broad SMARTS) is 1. The van der Waals surface area contributed by atoms with Gasteiger partial charge in [0.05, 0.1) is 5.97 Å². The van der Waals surface area contributed by atoms with Crippen molar-refractivity contribution in [3.05, 3.63) is 42.0 Å². The van der Waals surface area contributed by atoms with Crippen LogP contribution in [0.2, 0.25) is 0 Å². The molecule has 0 unspecified atom stereocenters.